The first-order valence-corrected chi connectivity index (χ1v) is 5.82. The van der Waals surface area contributed by atoms with Crippen LogP contribution in [-0.2, 0) is 6.54 Å². The Kier molecular flexibility index (Phi) is 3.57. The molecule has 0 saturated carbocycles. The Balaban J connectivity index is 2.17. The second kappa shape index (κ2) is 5.13. The number of hydrogen-bond acceptors (Lipinski definition) is 5. The summed E-state index contributed by atoms with van der Waals surface area (Å²) in [6, 6.07) is 6.70. The molecule has 1 aromatic heterocycles. The van der Waals surface area contributed by atoms with Crippen molar-refractivity contribution in [3.05, 3.63) is 49.9 Å². The van der Waals surface area contributed by atoms with E-state index in [1.807, 2.05) is 22.6 Å². The van der Waals surface area contributed by atoms with Crippen molar-refractivity contribution in [2.45, 2.75) is 6.54 Å². The average Bonchev–Trinajstić information content (AvgIpc) is 2.80. The van der Waals surface area contributed by atoms with Gasteiger partial charge < -0.3 is 9.84 Å². The Labute approximate surface area is 110 Å². The van der Waals surface area contributed by atoms with Crippen molar-refractivity contribution >= 4 is 34.0 Å². The smallest absolute Gasteiger partial charge is 0.293 e. The van der Waals surface area contributed by atoms with Gasteiger partial charge in [0.25, 0.3) is 5.69 Å². The molecule has 88 valence electrons. The summed E-state index contributed by atoms with van der Waals surface area (Å²) in [6.45, 7) is 0.387. The number of nitrogens with one attached hydrogen (secondary N) is 1. The number of nitrogens with zero attached hydrogens (tertiary/aromatic N) is 2. The van der Waals surface area contributed by atoms with Crippen molar-refractivity contribution in [3.63, 3.8) is 0 Å². The molecular weight excluding hydrogens is 337 g/mol. The highest BCUT2D eigenvalue weighted by Crippen LogP contribution is 2.26. The molecule has 0 unspecified atom stereocenters. The van der Waals surface area contributed by atoms with Gasteiger partial charge in [-0.1, -0.05) is 5.16 Å². The van der Waals surface area contributed by atoms with E-state index in [9.17, 15) is 10.1 Å². The number of hydrogen-bond donors (Lipinski definition) is 1. The third kappa shape index (κ3) is 2.93. The van der Waals surface area contributed by atoms with Crippen LogP contribution >= 0.6 is 22.6 Å². The summed E-state index contributed by atoms with van der Waals surface area (Å²) in [5.74, 6) is 0. The summed E-state index contributed by atoms with van der Waals surface area (Å²) in [5, 5.41) is 17.5. The van der Waals surface area contributed by atoms with Gasteiger partial charge in [0, 0.05) is 15.7 Å². The van der Waals surface area contributed by atoms with E-state index < -0.39 is 4.92 Å². The van der Waals surface area contributed by atoms with Crippen molar-refractivity contribution in [2.24, 2.45) is 0 Å². The molecule has 0 bridgehead atoms. The van der Waals surface area contributed by atoms with Crippen LogP contribution in [-0.4, -0.2) is 10.1 Å². The van der Waals surface area contributed by atoms with E-state index in [2.05, 4.69) is 15.0 Å². The molecule has 2 rings (SSSR count). The number of halogens is 1. The lowest BCUT2D eigenvalue weighted by molar-refractivity contribution is -0.384. The SMILES string of the molecule is O=[N+]([O-])c1cc(I)ccc1NCc1ccon1. The van der Waals surface area contributed by atoms with Crippen LogP contribution in [0, 0.1) is 13.7 Å². The fraction of sp³-hybridized carbons (Fsp3) is 0.100. The molecule has 0 fully saturated rings. The quantitative estimate of drug-likeness (QED) is 0.524. The second-order valence-corrected chi connectivity index (χ2v) is 4.51. The molecule has 0 radical (unpaired) electrons. The van der Waals surface area contributed by atoms with E-state index in [-0.39, 0.29) is 5.69 Å². The number of rotatable bonds is 4. The summed E-state index contributed by atoms with van der Waals surface area (Å²) in [6.07, 6.45) is 1.46. The zero-order chi connectivity index (χ0) is 12.3. The summed E-state index contributed by atoms with van der Waals surface area (Å²) in [4.78, 5) is 10.5. The number of nitro benzene ring substituents is 1. The minimum atomic E-state index is -0.409. The first-order chi connectivity index (χ1) is 8.16. The third-order valence-corrected chi connectivity index (χ3v) is 2.78. The van der Waals surface area contributed by atoms with Crippen LogP contribution in [0.2, 0.25) is 0 Å². The number of benzene rings is 1. The Morgan fingerprint density at radius 1 is 1.47 bits per heavy atom. The topological polar surface area (TPSA) is 81.2 Å². The third-order valence-electron chi connectivity index (χ3n) is 2.11. The van der Waals surface area contributed by atoms with Gasteiger partial charge in [-0.3, -0.25) is 10.1 Å². The van der Waals surface area contributed by atoms with Crippen LogP contribution in [0.3, 0.4) is 0 Å². The van der Waals surface area contributed by atoms with Gasteiger partial charge in [-0.25, -0.2) is 0 Å². The van der Waals surface area contributed by atoms with E-state index in [1.165, 1.54) is 12.3 Å². The van der Waals surface area contributed by atoms with Crippen LogP contribution in [0.4, 0.5) is 11.4 Å². The van der Waals surface area contributed by atoms with Gasteiger partial charge in [0.05, 0.1) is 11.5 Å². The molecule has 0 amide bonds. The maximum atomic E-state index is 10.9. The minimum absolute atomic E-state index is 0.0559. The van der Waals surface area contributed by atoms with Crippen LogP contribution in [0.15, 0.2) is 35.1 Å². The zero-order valence-electron chi connectivity index (χ0n) is 8.59. The van der Waals surface area contributed by atoms with Gasteiger partial charge in [-0.15, -0.1) is 0 Å². The zero-order valence-corrected chi connectivity index (χ0v) is 10.7. The minimum Gasteiger partial charge on any atom is -0.374 e. The summed E-state index contributed by atoms with van der Waals surface area (Å²) >= 11 is 2.03. The van der Waals surface area contributed by atoms with Gasteiger partial charge in [0.1, 0.15) is 17.6 Å². The van der Waals surface area contributed by atoms with Gasteiger partial charge in [0.2, 0.25) is 0 Å². The molecule has 0 atom stereocenters. The van der Waals surface area contributed by atoms with Crippen molar-refractivity contribution in [2.75, 3.05) is 5.32 Å². The molecule has 0 aliphatic heterocycles. The molecule has 1 aromatic carbocycles. The van der Waals surface area contributed by atoms with E-state index in [1.54, 1.807) is 18.2 Å². The Morgan fingerprint density at radius 3 is 2.94 bits per heavy atom. The fourth-order valence-electron chi connectivity index (χ4n) is 1.32. The molecule has 0 spiro atoms. The van der Waals surface area contributed by atoms with E-state index >= 15 is 0 Å². The Morgan fingerprint density at radius 2 is 2.29 bits per heavy atom. The molecule has 0 aliphatic rings. The Hall–Kier alpha value is -1.64. The average molecular weight is 345 g/mol. The number of anilines is 1. The van der Waals surface area contributed by atoms with Crippen molar-refractivity contribution < 1.29 is 9.45 Å². The molecule has 6 nitrogen and oxygen atoms in total. The predicted octanol–water partition coefficient (Wildman–Crippen LogP) is 2.80. The number of nitro groups is 1. The lowest BCUT2D eigenvalue weighted by Crippen LogP contribution is -2.03. The van der Waals surface area contributed by atoms with Crippen molar-refractivity contribution in [1.29, 1.82) is 0 Å². The van der Waals surface area contributed by atoms with E-state index in [4.69, 9.17) is 0 Å². The molecule has 0 saturated heterocycles. The largest absolute Gasteiger partial charge is 0.374 e. The number of aromatic nitrogens is 1. The van der Waals surface area contributed by atoms with E-state index in [0.717, 1.165) is 3.57 Å². The fourth-order valence-corrected chi connectivity index (χ4v) is 1.79. The molecule has 17 heavy (non-hydrogen) atoms. The normalized spacial score (nSPS) is 10.2. The first kappa shape index (κ1) is 11.8. The highest BCUT2D eigenvalue weighted by molar-refractivity contribution is 14.1. The highest BCUT2D eigenvalue weighted by Gasteiger charge is 2.13. The summed E-state index contributed by atoms with van der Waals surface area (Å²) in [5.41, 5.74) is 1.22. The second-order valence-electron chi connectivity index (χ2n) is 3.26. The molecule has 2 aromatic rings. The maximum Gasteiger partial charge on any atom is 0.293 e. The van der Waals surface area contributed by atoms with Gasteiger partial charge >= 0.3 is 0 Å². The van der Waals surface area contributed by atoms with Crippen molar-refractivity contribution in [3.8, 4) is 0 Å². The van der Waals surface area contributed by atoms with E-state index in [0.29, 0.717) is 17.9 Å². The molecule has 0 aliphatic carbocycles. The summed E-state index contributed by atoms with van der Waals surface area (Å²) in [7, 11) is 0. The molecule has 1 heterocycles. The van der Waals surface area contributed by atoms with Crippen LogP contribution < -0.4 is 5.32 Å². The van der Waals surface area contributed by atoms with Crippen LogP contribution in [0.5, 0.6) is 0 Å². The maximum absolute atomic E-state index is 10.9. The standard InChI is InChI=1S/C10H8IN3O3/c11-7-1-2-9(10(5-7)14(15)16)12-6-8-3-4-17-13-8/h1-5,12H,6H2. The van der Waals surface area contributed by atoms with Crippen molar-refractivity contribution in [1.82, 2.24) is 5.16 Å². The van der Waals surface area contributed by atoms with Gasteiger partial charge in [-0.05, 0) is 34.7 Å². The lowest BCUT2D eigenvalue weighted by atomic mass is 10.2. The molecular formula is C10H8IN3O3. The molecule has 7 heteroatoms. The first-order valence-electron chi connectivity index (χ1n) is 4.74. The predicted molar refractivity (Wildman–Crippen MR) is 69.6 cm³/mol. The summed E-state index contributed by atoms with van der Waals surface area (Å²) < 4.78 is 5.50. The lowest BCUT2D eigenvalue weighted by Gasteiger charge is -2.05. The molecule has 1 N–H and O–H groups in total. The van der Waals surface area contributed by atoms with Gasteiger partial charge in [-0.2, -0.15) is 0 Å². The van der Waals surface area contributed by atoms with Gasteiger partial charge in [0.15, 0.2) is 0 Å². The van der Waals surface area contributed by atoms with Crippen LogP contribution in [0.25, 0.3) is 0 Å². The monoisotopic (exact) mass is 345 g/mol. The highest BCUT2D eigenvalue weighted by atomic mass is 127. The Bertz CT molecular complexity index is 528. The van der Waals surface area contributed by atoms with Crippen LogP contribution in [0.1, 0.15) is 5.69 Å².